The van der Waals surface area contributed by atoms with E-state index in [1.807, 2.05) is 54.8 Å². The van der Waals surface area contributed by atoms with Crippen molar-refractivity contribution >= 4 is 22.9 Å². The van der Waals surface area contributed by atoms with Crippen molar-refractivity contribution in [1.82, 2.24) is 15.1 Å². The van der Waals surface area contributed by atoms with E-state index in [4.69, 9.17) is 4.52 Å². The van der Waals surface area contributed by atoms with Gasteiger partial charge < -0.3 is 9.84 Å². The van der Waals surface area contributed by atoms with Gasteiger partial charge in [0.1, 0.15) is 0 Å². The molecule has 7 heteroatoms. The summed E-state index contributed by atoms with van der Waals surface area (Å²) in [5.41, 5.74) is 4.22. The molecule has 2 aromatic heterocycles. The molecule has 4 aromatic rings. The molecule has 0 bridgehead atoms. The van der Waals surface area contributed by atoms with Gasteiger partial charge in [-0.15, -0.1) is 11.3 Å². The molecule has 0 aliphatic rings. The van der Waals surface area contributed by atoms with Gasteiger partial charge in [0.25, 0.3) is 5.89 Å². The van der Waals surface area contributed by atoms with Crippen LogP contribution in [0, 0.1) is 6.92 Å². The molecule has 4 rings (SSSR count). The maximum atomic E-state index is 11.2. The van der Waals surface area contributed by atoms with Crippen LogP contribution in [0.4, 0.5) is 5.69 Å². The fourth-order valence-corrected chi connectivity index (χ4v) is 3.33. The van der Waals surface area contributed by atoms with Crippen LogP contribution < -0.4 is 5.32 Å². The summed E-state index contributed by atoms with van der Waals surface area (Å²) in [7, 11) is 0. The fraction of sp³-hybridized carbons (Fsp3) is 0.100. The van der Waals surface area contributed by atoms with Gasteiger partial charge in [0, 0.05) is 34.7 Å². The summed E-state index contributed by atoms with van der Waals surface area (Å²) in [5.74, 6) is 0.767. The molecule has 0 radical (unpaired) electrons. The van der Waals surface area contributed by atoms with Crippen LogP contribution in [0.1, 0.15) is 11.9 Å². The predicted molar refractivity (Wildman–Crippen MR) is 105 cm³/mol. The summed E-state index contributed by atoms with van der Waals surface area (Å²) < 4.78 is 5.43. The third-order valence-corrected chi connectivity index (χ3v) is 4.66. The van der Waals surface area contributed by atoms with Crippen LogP contribution in [0.25, 0.3) is 34.1 Å². The van der Waals surface area contributed by atoms with Crippen molar-refractivity contribution in [3.63, 3.8) is 0 Å². The fourth-order valence-electron chi connectivity index (χ4n) is 2.70. The van der Waals surface area contributed by atoms with E-state index in [0.717, 1.165) is 27.4 Å². The van der Waals surface area contributed by atoms with Crippen molar-refractivity contribution in [3.8, 4) is 34.1 Å². The molecule has 2 heterocycles. The van der Waals surface area contributed by atoms with Crippen molar-refractivity contribution in [2.45, 2.75) is 13.8 Å². The standard InChI is InChI=1S/C20H16N4O2S/c1-12(25)21-17-8-4-7-16(10-17)20-23-19(24-26-20)15-6-3-5-14(9-15)18-11-27-13(2)22-18/h3-11H,1-2H3,(H,21,25). The summed E-state index contributed by atoms with van der Waals surface area (Å²) in [6.45, 7) is 3.45. The van der Waals surface area contributed by atoms with Gasteiger partial charge in [-0.3, -0.25) is 4.79 Å². The zero-order valence-corrected chi connectivity index (χ0v) is 15.6. The van der Waals surface area contributed by atoms with Crippen molar-refractivity contribution in [3.05, 3.63) is 58.9 Å². The number of carbonyl (C=O) groups excluding carboxylic acids is 1. The van der Waals surface area contributed by atoms with Crippen LogP contribution in [0.3, 0.4) is 0 Å². The number of anilines is 1. The van der Waals surface area contributed by atoms with E-state index in [9.17, 15) is 4.79 Å². The highest BCUT2D eigenvalue weighted by atomic mass is 32.1. The highest BCUT2D eigenvalue weighted by Crippen LogP contribution is 2.28. The van der Waals surface area contributed by atoms with Crippen LogP contribution >= 0.6 is 11.3 Å². The van der Waals surface area contributed by atoms with E-state index in [0.29, 0.717) is 17.4 Å². The molecule has 0 atom stereocenters. The SMILES string of the molecule is CC(=O)Nc1cccc(-c2nc(-c3cccc(-c4csc(C)n4)c3)no2)c1. The lowest BCUT2D eigenvalue weighted by molar-refractivity contribution is -0.114. The molecule has 27 heavy (non-hydrogen) atoms. The Labute approximate surface area is 159 Å². The Kier molecular flexibility index (Phi) is 4.52. The van der Waals surface area contributed by atoms with Crippen LogP contribution in [0.2, 0.25) is 0 Å². The Morgan fingerprint density at radius 2 is 1.81 bits per heavy atom. The molecule has 1 amide bonds. The molecular formula is C20H16N4O2S. The van der Waals surface area contributed by atoms with Crippen molar-refractivity contribution < 1.29 is 9.32 Å². The molecule has 0 saturated heterocycles. The van der Waals surface area contributed by atoms with E-state index in [2.05, 4.69) is 20.4 Å². The Morgan fingerprint density at radius 3 is 2.59 bits per heavy atom. The number of thiazole rings is 1. The number of aromatic nitrogens is 3. The molecular weight excluding hydrogens is 360 g/mol. The van der Waals surface area contributed by atoms with Crippen molar-refractivity contribution in [2.75, 3.05) is 5.32 Å². The van der Waals surface area contributed by atoms with E-state index in [1.54, 1.807) is 17.4 Å². The molecule has 0 fully saturated rings. The zero-order chi connectivity index (χ0) is 18.8. The monoisotopic (exact) mass is 376 g/mol. The molecule has 0 saturated carbocycles. The number of hydrogen-bond donors (Lipinski definition) is 1. The number of carbonyl (C=O) groups is 1. The number of nitrogens with one attached hydrogen (secondary N) is 1. The van der Waals surface area contributed by atoms with E-state index in [1.165, 1.54) is 6.92 Å². The topological polar surface area (TPSA) is 80.9 Å². The summed E-state index contributed by atoms with van der Waals surface area (Å²) in [6.07, 6.45) is 0. The Hall–Kier alpha value is -3.32. The molecule has 2 aromatic carbocycles. The highest BCUT2D eigenvalue weighted by Gasteiger charge is 2.12. The third kappa shape index (κ3) is 3.78. The second-order valence-electron chi connectivity index (χ2n) is 6.02. The van der Waals surface area contributed by atoms with Crippen LogP contribution in [0.5, 0.6) is 0 Å². The molecule has 0 aliphatic heterocycles. The number of amides is 1. The first-order valence-corrected chi connectivity index (χ1v) is 9.21. The molecule has 134 valence electrons. The lowest BCUT2D eigenvalue weighted by Crippen LogP contribution is -2.05. The van der Waals surface area contributed by atoms with Gasteiger partial charge in [-0.2, -0.15) is 4.98 Å². The average Bonchev–Trinajstić information content (AvgIpc) is 3.31. The molecule has 0 aliphatic carbocycles. The van der Waals surface area contributed by atoms with E-state index in [-0.39, 0.29) is 5.91 Å². The minimum Gasteiger partial charge on any atom is -0.334 e. The van der Waals surface area contributed by atoms with Gasteiger partial charge in [-0.05, 0) is 31.2 Å². The number of benzene rings is 2. The van der Waals surface area contributed by atoms with E-state index >= 15 is 0 Å². The predicted octanol–water partition coefficient (Wildman–Crippen LogP) is 4.79. The second kappa shape index (κ2) is 7.13. The average molecular weight is 376 g/mol. The maximum Gasteiger partial charge on any atom is 0.258 e. The van der Waals surface area contributed by atoms with Gasteiger partial charge in [0.05, 0.1) is 10.7 Å². The quantitative estimate of drug-likeness (QED) is 0.554. The Bertz CT molecular complexity index is 1120. The third-order valence-electron chi connectivity index (χ3n) is 3.89. The highest BCUT2D eigenvalue weighted by molar-refractivity contribution is 7.09. The summed E-state index contributed by atoms with van der Waals surface area (Å²) in [5, 5.41) is 9.90. The first kappa shape index (κ1) is 17.1. The second-order valence-corrected chi connectivity index (χ2v) is 7.08. The minimum atomic E-state index is -0.132. The smallest absolute Gasteiger partial charge is 0.258 e. The maximum absolute atomic E-state index is 11.2. The van der Waals surface area contributed by atoms with Crippen LogP contribution in [-0.4, -0.2) is 21.0 Å². The van der Waals surface area contributed by atoms with Gasteiger partial charge >= 0.3 is 0 Å². The van der Waals surface area contributed by atoms with Gasteiger partial charge in [0.2, 0.25) is 11.7 Å². The first-order chi connectivity index (χ1) is 13.1. The molecule has 0 spiro atoms. The number of rotatable bonds is 4. The lowest BCUT2D eigenvalue weighted by Gasteiger charge is -2.02. The number of nitrogens with zero attached hydrogens (tertiary/aromatic N) is 3. The van der Waals surface area contributed by atoms with Gasteiger partial charge in [-0.25, -0.2) is 4.98 Å². The molecule has 6 nitrogen and oxygen atoms in total. The molecule has 0 unspecified atom stereocenters. The van der Waals surface area contributed by atoms with Gasteiger partial charge in [0.15, 0.2) is 0 Å². The molecule has 1 N–H and O–H groups in total. The van der Waals surface area contributed by atoms with E-state index < -0.39 is 0 Å². The van der Waals surface area contributed by atoms with Crippen molar-refractivity contribution in [2.24, 2.45) is 0 Å². The van der Waals surface area contributed by atoms with Crippen LogP contribution in [-0.2, 0) is 4.79 Å². The summed E-state index contributed by atoms with van der Waals surface area (Å²) in [6, 6.07) is 15.2. The first-order valence-electron chi connectivity index (χ1n) is 8.33. The lowest BCUT2D eigenvalue weighted by atomic mass is 10.1. The largest absolute Gasteiger partial charge is 0.334 e. The normalized spacial score (nSPS) is 10.7. The summed E-state index contributed by atoms with van der Waals surface area (Å²) in [4.78, 5) is 20.3. The Balaban J connectivity index is 1.64. The van der Waals surface area contributed by atoms with Crippen molar-refractivity contribution in [1.29, 1.82) is 0 Å². The summed E-state index contributed by atoms with van der Waals surface area (Å²) >= 11 is 1.62. The Morgan fingerprint density at radius 1 is 1.04 bits per heavy atom. The van der Waals surface area contributed by atoms with Gasteiger partial charge in [-0.1, -0.05) is 29.4 Å². The van der Waals surface area contributed by atoms with Crippen LogP contribution in [0.15, 0.2) is 58.4 Å². The number of hydrogen-bond acceptors (Lipinski definition) is 6. The zero-order valence-electron chi connectivity index (χ0n) is 14.8. The number of aryl methyl sites for hydroxylation is 1. The minimum absolute atomic E-state index is 0.132.